The summed E-state index contributed by atoms with van der Waals surface area (Å²) in [5, 5.41) is 3.31. The van der Waals surface area contributed by atoms with E-state index in [9.17, 15) is 4.39 Å². The van der Waals surface area contributed by atoms with Crippen LogP contribution in [0.1, 0.15) is 24.1 Å². The standard InChI is InChI=1S/C17H20FNO2/c1-12(13-4-7-15(20-2)8-5-13)19-11-14-6-9-16(21-3)10-17(14)18/h4-10,12,19H,11H2,1-3H3/t12-/m1/s1. The van der Waals surface area contributed by atoms with Crippen molar-refractivity contribution in [2.24, 2.45) is 0 Å². The minimum atomic E-state index is -0.260. The summed E-state index contributed by atoms with van der Waals surface area (Å²) >= 11 is 0. The molecule has 2 rings (SSSR count). The molecule has 0 aliphatic heterocycles. The van der Waals surface area contributed by atoms with Gasteiger partial charge in [-0.25, -0.2) is 4.39 Å². The fourth-order valence-electron chi connectivity index (χ4n) is 2.07. The maximum absolute atomic E-state index is 13.9. The number of ether oxygens (including phenoxy) is 2. The first-order valence-corrected chi connectivity index (χ1v) is 6.83. The summed E-state index contributed by atoms with van der Waals surface area (Å²) in [7, 11) is 3.17. The summed E-state index contributed by atoms with van der Waals surface area (Å²) in [5.74, 6) is 1.09. The van der Waals surface area contributed by atoms with Gasteiger partial charge in [-0.15, -0.1) is 0 Å². The third kappa shape index (κ3) is 3.95. The molecule has 0 aromatic heterocycles. The maximum atomic E-state index is 13.9. The predicted molar refractivity (Wildman–Crippen MR) is 81.2 cm³/mol. The van der Waals surface area contributed by atoms with Gasteiger partial charge >= 0.3 is 0 Å². The Labute approximate surface area is 124 Å². The highest BCUT2D eigenvalue weighted by atomic mass is 19.1. The molecule has 0 aliphatic carbocycles. The highest BCUT2D eigenvalue weighted by molar-refractivity contribution is 5.30. The first kappa shape index (κ1) is 15.3. The Morgan fingerprint density at radius 1 is 1.00 bits per heavy atom. The summed E-state index contributed by atoms with van der Waals surface area (Å²) in [4.78, 5) is 0. The molecule has 0 saturated heterocycles. The minimum Gasteiger partial charge on any atom is -0.497 e. The molecule has 2 aromatic carbocycles. The fraction of sp³-hybridized carbons (Fsp3) is 0.294. The lowest BCUT2D eigenvalue weighted by molar-refractivity contribution is 0.410. The Morgan fingerprint density at radius 2 is 1.62 bits per heavy atom. The summed E-state index contributed by atoms with van der Waals surface area (Å²) in [6.07, 6.45) is 0. The van der Waals surface area contributed by atoms with Gasteiger partial charge in [0, 0.05) is 24.2 Å². The van der Waals surface area contributed by atoms with Crippen LogP contribution in [0.25, 0.3) is 0 Å². The van der Waals surface area contributed by atoms with Crippen LogP contribution >= 0.6 is 0 Å². The molecule has 3 nitrogen and oxygen atoms in total. The van der Waals surface area contributed by atoms with Crippen molar-refractivity contribution in [2.75, 3.05) is 14.2 Å². The van der Waals surface area contributed by atoms with E-state index in [0.29, 0.717) is 17.9 Å². The second-order valence-corrected chi connectivity index (χ2v) is 4.83. The van der Waals surface area contributed by atoms with Gasteiger partial charge in [0.2, 0.25) is 0 Å². The molecule has 0 amide bonds. The second-order valence-electron chi connectivity index (χ2n) is 4.83. The largest absolute Gasteiger partial charge is 0.497 e. The van der Waals surface area contributed by atoms with Gasteiger partial charge in [0.25, 0.3) is 0 Å². The zero-order valence-corrected chi connectivity index (χ0v) is 12.5. The molecule has 112 valence electrons. The molecule has 21 heavy (non-hydrogen) atoms. The second kappa shape index (κ2) is 7.09. The molecule has 0 radical (unpaired) electrons. The number of nitrogens with one attached hydrogen (secondary N) is 1. The van der Waals surface area contributed by atoms with E-state index in [4.69, 9.17) is 9.47 Å². The number of halogens is 1. The van der Waals surface area contributed by atoms with Crippen LogP contribution in [-0.4, -0.2) is 14.2 Å². The van der Waals surface area contributed by atoms with Crippen molar-refractivity contribution in [2.45, 2.75) is 19.5 Å². The molecule has 4 heteroatoms. The highest BCUT2D eigenvalue weighted by Gasteiger charge is 2.08. The van der Waals surface area contributed by atoms with Crippen molar-refractivity contribution in [3.63, 3.8) is 0 Å². The van der Waals surface area contributed by atoms with Crippen molar-refractivity contribution in [3.05, 3.63) is 59.4 Å². The lowest BCUT2D eigenvalue weighted by Gasteiger charge is -2.15. The number of hydrogen-bond donors (Lipinski definition) is 1. The van der Waals surface area contributed by atoms with Crippen molar-refractivity contribution in [1.82, 2.24) is 5.32 Å². The Kier molecular flexibility index (Phi) is 5.17. The molecular formula is C17H20FNO2. The van der Waals surface area contributed by atoms with Gasteiger partial charge < -0.3 is 14.8 Å². The van der Waals surface area contributed by atoms with Crippen LogP contribution in [-0.2, 0) is 6.54 Å². The van der Waals surface area contributed by atoms with Crippen LogP contribution in [0.5, 0.6) is 11.5 Å². The zero-order valence-electron chi connectivity index (χ0n) is 12.5. The van der Waals surface area contributed by atoms with Gasteiger partial charge in [0.05, 0.1) is 14.2 Å². The maximum Gasteiger partial charge on any atom is 0.131 e. The third-order valence-corrected chi connectivity index (χ3v) is 3.47. The van der Waals surface area contributed by atoms with Gasteiger partial charge in [-0.05, 0) is 30.7 Å². The van der Waals surface area contributed by atoms with Crippen molar-refractivity contribution in [1.29, 1.82) is 0 Å². The topological polar surface area (TPSA) is 30.5 Å². The number of rotatable bonds is 6. The van der Waals surface area contributed by atoms with E-state index >= 15 is 0 Å². The van der Waals surface area contributed by atoms with Crippen LogP contribution in [0.2, 0.25) is 0 Å². The van der Waals surface area contributed by atoms with Crippen molar-refractivity contribution < 1.29 is 13.9 Å². The smallest absolute Gasteiger partial charge is 0.131 e. The summed E-state index contributed by atoms with van der Waals surface area (Å²) < 4.78 is 24.0. The van der Waals surface area contributed by atoms with Crippen LogP contribution in [0, 0.1) is 5.82 Å². The summed E-state index contributed by atoms with van der Waals surface area (Å²) in [5.41, 5.74) is 1.75. The Bertz CT molecular complexity index is 584. The molecule has 0 bridgehead atoms. The zero-order chi connectivity index (χ0) is 15.2. The quantitative estimate of drug-likeness (QED) is 0.879. The Hall–Kier alpha value is -2.07. The van der Waals surface area contributed by atoms with Crippen molar-refractivity contribution in [3.8, 4) is 11.5 Å². The van der Waals surface area contributed by atoms with E-state index in [1.807, 2.05) is 31.2 Å². The van der Waals surface area contributed by atoms with Gasteiger partial charge in [0.15, 0.2) is 0 Å². The van der Waals surface area contributed by atoms with E-state index in [1.165, 1.54) is 13.2 Å². The van der Waals surface area contributed by atoms with Crippen molar-refractivity contribution >= 4 is 0 Å². The average molecular weight is 289 g/mol. The third-order valence-electron chi connectivity index (χ3n) is 3.47. The summed E-state index contributed by atoms with van der Waals surface area (Å²) in [6.45, 7) is 2.51. The average Bonchev–Trinajstić information content (AvgIpc) is 2.53. The number of hydrogen-bond acceptors (Lipinski definition) is 3. The summed E-state index contributed by atoms with van der Waals surface area (Å²) in [6, 6.07) is 12.9. The highest BCUT2D eigenvalue weighted by Crippen LogP contribution is 2.19. The molecule has 2 aromatic rings. The first-order chi connectivity index (χ1) is 10.1. The van der Waals surface area contributed by atoms with Gasteiger partial charge in [-0.2, -0.15) is 0 Å². The lowest BCUT2D eigenvalue weighted by Crippen LogP contribution is -2.18. The van der Waals surface area contributed by atoms with Gasteiger partial charge in [-0.1, -0.05) is 18.2 Å². The minimum absolute atomic E-state index is 0.123. The Balaban J connectivity index is 1.98. The number of methoxy groups -OCH3 is 2. The van der Waals surface area contributed by atoms with Crippen LogP contribution < -0.4 is 14.8 Å². The molecule has 0 saturated carbocycles. The first-order valence-electron chi connectivity index (χ1n) is 6.83. The van der Waals surface area contributed by atoms with E-state index in [1.54, 1.807) is 19.2 Å². The van der Waals surface area contributed by atoms with Gasteiger partial charge in [0.1, 0.15) is 17.3 Å². The molecule has 1 atom stereocenters. The molecule has 0 unspecified atom stereocenters. The van der Waals surface area contributed by atoms with Crippen LogP contribution in [0.3, 0.4) is 0 Å². The monoisotopic (exact) mass is 289 g/mol. The fourth-order valence-corrected chi connectivity index (χ4v) is 2.07. The van der Waals surface area contributed by atoms with Crippen LogP contribution in [0.4, 0.5) is 4.39 Å². The molecular weight excluding hydrogens is 269 g/mol. The molecule has 0 spiro atoms. The van der Waals surface area contributed by atoms with E-state index in [2.05, 4.69) is 5.32 Å². The molecule has 0 fully saturated rings. The SMILES string of the molecule is COc1ccc([C@@H](C)NCc2ccc(OC)cc2F)cc1. The normalized spacial score (nSPS) is 12.0. The van der Waals surface area contributed by atoms with Gasteiger partial charge in [-0.3, -0.25) is 0 Å². The van der Waals surface area contributed by atoms with E-state index < -0.39 is 0 Å². The lowest BCUT2D eigenvalue weighted by atomic mass is 10.1. The van der Waals surface area contributed by atoms with E-state index in [0.717, 1.165) is 11.3 Å². The molecule has 1 N–H and O–H groups in total. The van der Waals surface area contributed by atoms with Crippen LogP contribution in [0.15, 0.2) is 42.5 Å². The predicted octanol–water partition coefficient (Wildman–Crippen LogP) is 3.69. The number of benzene rings is 2. The Morgan fingerprint density at radius 3 is 2.19 bits per heavy atom. The van der Waals surface area contributed by atoms with E-state index in [-0.39, 0.29) is 11.9 Å². The molecule has 0 aliphatic rings. The molecule has 0 heterocycles.